The van der Waals surface area contributed by atoms with Gasteiger partial charge in [-0.1, -0.05) is 12.8 Å². The highest BCUT2D eigenvalue weighted by atomic mass is 16.6. The van der Waals surface area contributed by atoms with Gasteiger partial charge in [0.25, 0.3) is 0 Å². The van der Waals surface area contributed by atoms with Gasteiger partial charge < -0.3 is 15.6 Å². The van der Waals surface area contributed by atoms with Crippen LogP contribution in [0.4, 0.5) is 5.69 Å². The van der Waals surface area contributed by atoms with Crippen molar-refractivity contribution in [2.45, 2.75) is 31.7 Å². The van der Waals surface area contributed by atoms with Crippen LogP contribution in [0.15, 0.2) is 12.1 Å². The van der Waals surface area contributed by atoms with Crippen LogP contribution in [-0.4, -0.2) is 17.1 Å². The van der Waals surface area contributed by atoms with Crippen molar-refractivity contribution < 1.29 is 14.8 Å². The third-order valence-electron chi connectivity index (χ3n) is 3.79. The lowest BCUT2D eigenvalue weighted by atomic mass is 9.92. The Bertz CT molecular complexity index is 484. The summed E-state index contributed by atoms with van der Waals surface area (Å²) in [4.78, 5) is 10.3. The standard InChI is InChI=1S/C13H18N2O4/c1-19-11-7-9(6-10(13(11)16)15(17)18)12(14)8-4-2-3-5-8/h6-8,12,16H,2-5,14H2,1H3/t12-/m0/s1. The van der Waals surface area contributed by atoms with Crippen LogP contribution in [0.5, 0.6) is 11.5 Å². The lowest BCUT2D eigenvalue weighted by Crippen LogP contribution is -2.19. The molecule has 0 unspecified atom stereocenters. The van der Waals surface area contributed by atoms with Gasteiger partial charge in [0.1, 0.15) is 0 Å². The molecule has 1 aromatic carbocycles. The van der Waals surface area contributed by atoms with E-state index in [1.165, 1.54) is 13.2 Å². The molecule has 0 radical (unpaired) electrons. The molecule has 2 rings (SSSR count). The molecule has 0 saturated heterocycles. The molecule has 6 heteroatoms. The van der Waals surface area contributed by atoms with E-state index in [1.807, 2.05) is 0 Å². The molecule has 6 nitrogen and oxygen atoms in total. The summed E-state index contributed by atoms with van der Waals surface area (Å²) in [5.74, 6) is -0.0126. The molecule has 1 aliphatic rings. The molecular weight excluding hydrogens is 248 g/mol. The fourth-order valence-corrected chi connectivity index (χ4v) is 2.69. The fourth-order valence-electron chi connectivity index (χ4n) is 2.69. The molecule has 19 heavy (non-hydrogen) atoms. The SMILES string of the molecule is COc1cc([C@@H](N)C2CCCC2)cc([N+](=O)[O-])c1O. The summed E-state index contributed by atoms with van der Waals surface area (Å²) in [7, 11) is 1.36. The van der Waals surface area contributed by atoms with Crippen LogP contribution in [0.2, 0.25) is 0 Å². The lowest BCUT2D eigenvalue weighted by molar-refractivity contribution is -0.386. The number of rotatable bonds is 4. The number of aromatic hydroxyl groups is 1. The van der Waals surface area contributed by atoms with E-state index in [0.717, 1.165) is 25.7 Å². The first-order chi connectivity index (χ1) is 9.04. The molecule has 0 amide bonds. The van der Waals surface area contributed by atoms with Crippen molar-refractivity contribution in [2.24, 2.45) is 11.7 Å². The maximum absolute atomic E-state index is 10.9. The van der Waals surface area contributed by atoms with Gasteiger partial charge in [0.05, 0.1) is 12.0 Å². The maximum atomic E-state index is 10.9. The zero-order valence-corrected chi connectivity index (χ0v) is 10.8. The molecule has 0 aliphatic heterocycles. The van der Waals surface area contributed by atoms with Gasteiger partial charge in [-0.3, -0.25) is 10.1 Å². The van der Waals surface area contributed by atoms with Gasteiger partial charge in [-0.05, 0) is 30.4 Å². The summed E-state index contributed by atoms with van der Waals surface area (Å²) >= 11 is 0. The first-order valence-electron chi connectivity index (χ1n) is 6.35. The van der Waals surface area contributed by atoms with Crippen LogP contribution in [0, 0.1) is 16.0 Å². The second-order valence-corrected chi connectivity index (χ2v) is 4.92. The number of nitro groups is 1. The predicted octanol–water partition coefficient (Wildman–Crippen LogP) is 2.50. The zero-order chi connectivity index (χ0) is 14.0. The Morgan fingerprint density at radius 2 is 2.11 bits per heavy atom. The summed E-state index contributed by atoms with van der Waals surface area (Å²) in [5.41, 5.74) is 6.47. The first-order valence-corrected chi connectivity index (χ1v) is 6.35. The van der Waals surface area contributed by atoms with Crippen LogP contribution < -0.4 is 10.5 Å². The van der Waals surface area contributed by atoms with Crippen molar-refractivity contribution in [1.29, 1.82) is 0 Å². The highest BCUT2D eigenvalue weighted by Gasteiger charge is 2.27. The van der Waals surface area contributed by atoms with Gasteiger partial charge in [0, 0.05) is 12.1 Å². The van der Waals surface area contributed by atoms with E-state index in [2.05, 4.69) is 0 Å². The average molecular weight is 266 g/mol. The van der Waals surface area contributed by atoms with Crippen molar-refractivity contribution in [1.82, 2.24) is 0 Å². The Kier molecular flexibility index (Phi) is 3.90. The number of hydrogen-bond donors (Lipinski definition) is 2. The van der Waals surface area contributed by atoms with Crippen molar-refractivity contribution in [3.8, 4) is 11.5 Å². The fraction of sp³-hybridized carbons (Fsp3) is 0.538. The van der Waals surface area contributed by atoms with E-state index in [-0.39, 0.29) is 17.5 Å². The van der Waals surface area contributed by atoms with Crippen molar-refractivity contribution in [3.05, 3.63) is 27.8 Å². The van der Waals surface area contributed by atoms with E-state index in [1.54, 1.807) is 6.07 Å². The van der Waals surface area contributed by atoms with E-state index >= 15 is 0 Å². The zero-order valence-electron chi connectivity index (χ0n) is 10.8. The first kappa shape index (κ1) is 13.6. The van der Waals surface area contributed by atoms with E-state index in [4.69, 9.17) is 10.5 Å². The van der Waals surface area contributed by atoms with Crippen LogP contribution in [0.3, 0.4) is 0 Å². The van der Waals surface area contributed by atoms with Crippen molar-refractivity contribution in [2.75, 3.05) is 7.11 Å². The summed E-state index contributed by atoms with van der Waals surface area (Å²) in [6, 6.07) is 2.68. The molecule has 1 fully saturated rings. The monoisotopic (exact) mass is 266 g/mol. The van der Waals surface area contributed by atoms with Gasteiger partial charge in [-0.15, -0.1) is 0 Å². The quantitative estimate of drug-likeness (QED) is 0.644. The highest BCUT2D eigenvalue weighted by molar-refractivity contribution is 5.57. The maximum Gasteiger partial charge on any atom is 0.314 e. The van der Waals surface area contributed by atoms with Crippen LogP contribution >= 0.6 is 0 Å². The van der Waals surface area contributed by atoms with Gasteiger partial charge >= 0.3 is 5.69 Å². The van der Waals surface area contributed by atoms with Gasteiger partial charge in [0.15, 0.2) is 5.75 Å². The second kappa shape index (κ2) is 5.44. The van der Waals surface area contributed by atoms with Crippen LogP contribution in [-0.2, 0) is 0 Å². The molecule has 1 saturated carbocycles. The molecular formula is C13H18N2O4. The normalized spacial score (nSPS) is 17.4. The molecule has 0 aromatic heterocycles. The second-order valence-electron chi connectivity index (χ2n) is 4.92. The summed E-state index contributed by atoms with van der Waals surface area (Å²) < 4.78 is 4.98. The lowest BCUT2D eigenvalue weighted by Gasteiger charge is -2.20. The summed E-state index contributed by atoms with van der Waals surface area (Å²) in [6.07, 6.45) is 4.38. The Morgan fingerprint density at radius 3 is 2.63 bits per heavy atom. The Balaban J connectivity index is 2.39. The average Bonchev–Trinajstić information content (AvgIpc) is 2.91. The molecule has 1 aromatic rings. The number of ether oxygens (including phenoxy) is 1. The number of methoxy groups -OCH3 is 1. The molecule has 0 bridgehead atoms. The summed E-state index contributed by atoms with van der Waals surface area (Å²) in [6.45, 7) is 0. The molecule has 3 N–H and O–H groups in total. The molecule has 0 heterocycles. The van der Waals surface area contributed by atoms with Gasteiger partial charge in [-0.25, -0.2) is 0 Å². The summed E-state index contributed by atoms with van der Waals surface area (Å²) in [5, 5.41) is 20.7. The van der Waals surface area contributed by atoms with E-state index < -0.39 is 10.7 Å². The number of nitrogens with zero attached hydrogens (tertiary/aromatic N) is 1. The predicted molar refractivity (Wildman–Crippen MR) is 70.2 cm³/mol. The molecule has 1 aliphatic carbocycles. The Labute approximate surface area is 111 Å². The number of hydrogen-bond acceptors (Lipinski definition) is 5. The number of nitrogens with two attached hydrogens (primary N) is 1. The van der Waals surface area contributed by atoms with Crippen LogP contribution in [0.1, 0.15) is 37.3 Å². The van der Waals surface area contributed by atoms with Crippen molar-refractivity contribution in [3.63, 3.8) is 0 Å². The number of nitro benzene ring substituents is 1. The topological polar surface area (TPSA) is 98.6 Å². The van der Waals surface area contributed by atoms with Gasteiger partial charge in [-0.2, -0.15) is 0 Å². The van der Waals surface area contributed by atoms with Gasteiger partial charge in [0.2, 0.25) is 5.75 Å². The number of phenols is 1. The minimum absolute atomic E-state index is 0.0950. The highest BCUT2D eigenvalue weighted by Crippen LogP contribution is 2.41. The van der Waals surface area contributed by atoms with Crippen LogP contribution in [0.25, 0.3) is 0 Å². The number of benzene rings is 1. The molecule has 1 atom stereocenters. The van der Waals surface area contributed by atoms with E-state index in [0.29, 0.717) is 11.5 Å². The molecule has 0 spiro atoms. The minimum Gasteiger partial charge on any atom is -0.500 e. The minimum atomic E-state index is -0.622. The van der Waals surface area contributed by atoms with E-state index in [9.17, 15) is 15.2 Å². The van der Waals surface area contributed by atoms with Crippen molar-refractivity contribution >= 4 is 5.69 Å². The largest absolute Gasteiger partial charge is 0.500 e. The Morgan fingerprint density at radius 1 is 1.47 bits per heavy atom. The Hall–Kier alpha value is -1.82. The third-order valence-corrected chi connectivity index (χ3v) is 3.79. The third kappa shape index (κ3) is 2.63. The molecule has 104 valence electrons. The smallest absolute Gasteiger partial charge is 0.314 e. The number of phenolic OH excluding ortho intramolecular Hbond substituents is 1.